The van der Waals surface area contributed by atoms with Gasteiger partial charge in [0.2, 0.25) is 0 Å². The van der Waals surface area contributed by atoms with Crippen LogP contribution in [-0.4, -0.2) is 11.0 Å². The molecule has 0 unspecified atom stereocenters. The average Bonchev–Trinajstić information content (AvgIpc) is 2.48. The van der Waals surface area contributed by atoms with E-state index in [9.17, 15) is 4.79 Å². The first-order valence-corrected chi connectivity index (χ1v) is 6.95. The molecule has 1 amide bonds. The Labute approximate surface area is 120 Å². The number of ether oxygens (including phenoxy) is 1. The summed E-state index contributed by atoms with van der Waals surface area (Å²) in [7, 11) is 0. The van der Waals surface area contributed by atoms with E-state index >= 15 is 0 Å². The number of hydrogen-bond donors (Lipinski definition) is 0. The summed E-state index contributed by atoms with van der Waals surface area (Å²) >= 11 is 0. The average molecular weight is 271 g/mol. The standard InChI is InChI=1S/C17H21NO2/c1-4-17(2,3)14-10-12-18(13-11-14)16(19)20-15-8-6-5-7-9-15/h5-14H,4H2,1-3H3. The summed E-state index contributed by atoms with van der Waals surface area (Å²) in [5.74, 6) is 0.892. The van der Waals surface area contributed by atoms with E-state index in [4.69, 9.17) is 4.74 Å². The molecule has 0 aliphatic carbocycles. The zero-order valence-corrected chi connectivity index (χ0v) is 12.2. The minimum Gasteiger partial charge on any atom is -0.410 e. The Morgan fingerprint density at radius 1 is 1.20 bits per heavy atom. The van der Waals surface area contributed by atoms with Crippen LogP contribution in [0.2, 0.25) is 0 Å². The number of carbonyl (C=O) groups is 1. The van der Waals surface area contributed by atoms with Crippen molar-refractivity contribution in [2.75, 3.05) is 0 Å². The van der Waals surface area contributed by atoms with Crippen LogP contribution in [0.5, 0.6) is 5.75 Å². The third-order valence-electron chi connectivity index (χ3n) is 3.88. The molecule has 0 saturated heterocycles. The van der Waals surface area contributed by atoms with Gasteiger partial charge in [-0.2, -0.15) is 0 Å². The molecule has 1 aliphatic rings. The SMILES string of the molecule is CCC(C)(C)C1C=CN(C(=O)Oc2ccccc2)C=C1. The Hall–Kier alpha value is -2.03. The van der Waals surface area contributed by atoms with Crippen LogP contribution in [0.15, 0.2) is 54.9 Å². The van der Waals surface area contributed by atoms with Gasteiger partial charge in [-0.1, -0.05) is 57.5 Å². The lowest BCUT2D eigenvalue weighted by Crippen LogP contribution is -2.29. The predicted molar refractivity (Wildman–Crippen MR) is 80.1 cm³/mol. The number of para-hydroxylation sites is 1. The summed E-state index contributed by atoms with van der Waals surface area (Å²) in [4.78, 5) is 13.5. The molecule has 0 spiro atoms. The van der Waals surface area contributed by atoms with Crippen molar-refractivity contribution in [3.05, 3.63) is 54.9 Å². The quantitative estimate of drug-likeness (QED) is 0.805. The lowest BCUT2D eigenvalue weighted by Gasteiger charge is -2.31. The molecule has 3 heteroatoms. The largest absolute Gasteiger partial charge is 0.423 e. The highest BCUT2D eigenvalue weighted by molar-refractivity contribution is 5.73. The fraction of sp³-hybridized carbons (Fsp3) is 0.353. The topological polar surface area (TPSA) is 29.5 Å². The first-order chi connectivity index (χ1) is 9.53. The molecule has 1 aliphatic heterocycles. The van der Waals surface area contributed by atoms with Crippen LogP contribution in [0.1, 0.15) is 27.2 Å². The first kappa shape index (κ1) is 14.4. The van der Waals surface area contributed by atoms with Gasteiger partial charge in [-0.05, 0) is 17.5 Å². The van der Waals surface area contributed by atoms with Crippen LogP contribution in [0.3, 0.4) is 0 Å². The van der Waals surface area contributed by atoms with Gasteiger partial charge in [0.25, 0.3) is 0 Å². The summed E-state index contributed by atoms with van der Waals surface area (Å²) in [5, 5.41) is 0. The first-order valence-electron chi connectivity index (χ1n) is 6.95. The van der Waals surface area contributed by atoms with E-state index in [1.807, 2.05) is 18.2 Å². The van der Waals surface area contributed by atoms with E-state index in [0.717, 1.165) is 6.42 Å². The molecule has 1 aromatic carbocycles. The molecule has 0 N–H and O–H groups in total. The molecular formula is C17H21NO2. The van der Waals surface area contributed by atoms with Gasteiger partial charge in [0, 0.05) is 18.3 Å². The molecule has 0 bridgehead atoms. The van der Waals surface area contributed by atoms with Crippen LogP contribution >= 0.6 is 0 Å². The highest BCUT2D eigenvalue weighted by Crippen LogP contribution is 2.34. The smallest absolute Gasteiger partial charge is 0.410 e. The second kappa shape index (κ2) is 5.95. The van der Waals surface area contributed by atoms with Crippen molar-refractivity contribution in [3.8, 4) is 5.75 Å². The van der Waals surface area contributed by atoms with Crippen LogP contribution in [-0.2, 0) is 0 Å². The second-order valence-electron chi connectivity index (χ2n) is 5.64. The summed E-state index contributed by atoms with van der Waals surface area (Å²) in [6.07, 6.45) is 8.36. The summed E-state index contributed by atoms with van der Waals surface area (Å²) in [6, 6.07) is 9.08. The van der Waals surface area contributed by atoms with Crippen molar-refractivity contribution in [3.63, 3.8) is 0 Å². The van der Waals surface area contributed by atoms with Crippen LogP contribution in [0, 0.1) is 11.3 Å². The van der Waals surface area contributed by atoms with Gasteiger partial charge in [-0.3, -0.25) is 4.90 Å². The van der Waals surface area contributed by atoms with E-state index in [2.05, 4.69) is 32.9 Å². The number of nitrogens with zero attached hydrogens (tertiary/aromatic N) is 1. The van der Waals surface area contributed by atoms with Gasteiger partial charge < -0.3 is 4.74 Å². The monoisotopic (exact) mass is 271 g/mol. The Balaban J connectivity index is 1.98. The second-order valence-corrected chi connectivity index (χ2v) is 5.64. The molecule has 0 aromatic heterocycles. The lowest BCUT2D eigenvalue weighted by atomic mass is 9.76. The van der Waals surface area contributed by atoms with Crippen LogP contribution in [0.25, 0.3) is 0 Å². The summed E-state index contributed by atoms with van der Waals surface area (Å²) in [6.45, 7) is 6.63. The number of amides is 1. The number of hydrogen-bond acceptors (Lipinski definition) is 2. The van der Waals surface area contributed by atoms with Crippen molar-refractivity contribution in [2.24, 2.45) is 11.3 Å². The molecule has 1 aromatic rings. The number of allylic oxidation sites excluding steroid dienone is 2. The zero-order chi connectivity index (χ0) is 14.6. The predicted octanol–water partition coefficient (Wildman–Crippen LogP) is 4.58. The van der Waals surface area contributed by atoms with Gasteiger partial charge in [0.15, 0.2) is 0 Å². The minimum absolute atomic E-state index is 0.197. The molecule has 106 valence electrons. The van der Waals surface area contributed by atoms with Crippen molar-refractivity contribution in [1.82, 2.24) is 4.90 Å². The molecule has 3 nitrogen and oxygen atoms in total. The van der Waals surface area contributed by atoms with Gasteiger partial charge in [0.1, 0.15) is 5.75 Å². The van der Waals surface area contributed by atoms with Crippen molar-refractivity contribution in [2.45, 2.75) is 27.2 Å². The van der Waals surface area contributed by atoms with Crippen LogP contribution in [0.4, 0.5) is 4.79 Å². The van der Waals surface area contributed by atoms with Gasteiger partial charge >= 0.3 is 6.09 Å². The van der Waals surface area contributed by atoms with E-state index in [1.54, 1.807) is 24.5 Å². The maximum Gasteiger partial charge on any atom is 0.423 e. The maximum absolute atomic E-state index is 12.0. The Morgan fingerprint density at radius 2 is 1.80 bits per heavy atom. The lowest BCUT2D eigenvalue weighted by molar-refractivity contribution is 0.180. The molecule has 20 heavy (non-hydrogen) atoms. The fourth-order valence-corrected chi connectivity index (χ4v) is 2.01. The normalized spacial score (nSPS) is 15.4. The Kier molecular flexibility index (Phi) is 4.28. The highest BCUT2D eigenvalue weighted by Gasteiger charge is 2.26. The third-order valence-corrected chi connectivity index (χ3v) is 3.88. The fourth-order valence-electron chi connectivity index (χ4n) is 2.01. The Bertz CT molecular complexity index is 503. The third kappa shape index (κ3) is 3.29. The van der Waals surface area contributed by atoms with Crippen molar-refractivity contribution >= 4 is 6.09 Å². The molecule has 0 radical (unpaired) electrons. The van der Waals surface area contributed by atoms with Crippen LogP contribution < -0.4 is 4.74 Å². The molecule has 0 atom stereocenters. The highest BCUT2D eigenvalue weighted by atomic mass is 16.6. The van der Waals surface area contributed by atoms with E-state index < -0.39 is 6.09 Å². The van der Waals surface area contributed by atoms with Crippen molar-refractivity contribution in [1.29, 1.82) is 0 Å². The molecule has 0 saturated carbocycles. The number of rotatable bonds is 3. The molecular weight excluding hydrogens is 250 g/mol. The minimum atomic E-state index is -0.392. The van der Waals surface area contributed by atoms with Gasteiger partial charge in [-0.25, -0.2) is 4.79 Å². The van der Waals surface area contributed by atoms with Gasteiger partial charge in [0.05, 0.1) is 0 Å². The summed E-state index contributed by atoms with van der Waals surface area (Å²) in [5.41, 5.74) is 0.197. The number of carbonyl (C=O) groups excluding carboxylic acids is 1. The maximum atomic E-state index is 12.0. The van der Waals surface area contributed by atoms with Crippen molar-refractivity contribution < 1.29 is 9.53 Å². The zero-order valence-electron chi connectivity index (χ0n) is 12.2. The number of benzene rings is 1. The summed E-state index contributed by atoms with van der Waals surface area (Å²) < 4.78 is 5.29. The Morgan fingerprint density at radius 3 is 2.35 bits per heavy atom. The van der Waals surface area contributed by atoms with E-state index in [0.29, 0.717) is 11.7 Å². The molecule has 1 heterocycles. The van der Waals surface area contributed by atoms with E-state index in [1.165, 1.54) is 4.90 Å². The molecule has 0 fully saturated rings. The van der Waals surface area contributed by atoms with Gasteiger partial charge in [-0.15, -0.1) is 0 Å². The van der Waals surface area contributed by atoms with E-state index in [-0.39, 0.29) is 5.41 Å². The molecule has 2 rings (SSSR count).